The van der Waals surface area contributed by atoms with E-state index in [1.54, 1.807) is 0 Å². The third-order valence-electron chi connectivity index (χ3n) is 2.17. The molecule has 0 fully saturated rings. The highest BCUT2D eigenvalue weighted by Gasteiger charge is 2.01. The average molecular weight is 327 g/mol. The van der Waals surface area contributed by atoms with Gasteiger partial charge in [-0.1, -0.05) is 34.1 Å². The molecule has 0 saturated heterocycles. The van der Waals surface area contributed by atoms with Crippen LogP contribution in [-0.2, 0) is 9.53 Å². The lowest BCUT2D eigenvalue weighted by Crippen LogP contribution is -2.30. The highest BCUT2D eigenvalue weighted by atomic mass is 79.9. The predicted molar refractivity (Wildman–Crippen MR) is 81.3 cm³/mol. The van der Waals surface area contributed by atoms with Crippen LogP contribution in [0.1, 0.15) is 6.92 Å². The molecule has 1 aromatic carbocycles. The zero-order valence-corrected chi connectivity index (χ0v) is 12.6. The van der Waals surface area contributed by atoms with E-state index in [0.29, 0.717) is 19.8 Å². The lowest BCUT2D eigenvalue weighted by molar-refractivity contribution is -0.115. The summed E-state index contributed by atoms with van der Waals surface area (Å²) in [6, 6.07) is 7.48. The number of halogens is 1. The molecule has 0 saturated carbocycles. The first-order chi connectivity index (χ1) is 9.08. The first-order valence-electron chi connectivity index (χ1n) is 6.06. The highest BCUT2D eigenvalue weighted by Crippen LogP contribution is 2.15. The summed E-state index contributed by atoms with van der Waals surface area (Å²) in [7, 11) is 0. The lowest BCUT2D eigenvalue weighted by atomic mass is 10.3. The second-order valence-electron chi connectivity index (χ2n) is 4.24. The van der Waals surface area contributed by atoms with E-state index in [1.165, 1.54) is 0 Å². The molecule has 1 rings (SSSR count). The van der Waals surface area contributed by atoms with Gasteiger partial charge in [-0.2, -0.15) is 0 Å². The Morgan fingerprint density at radius 2 is 2.26 bits per heavy atom. The van der Waals surface area contributed by atoms with E-state index in [0.717, 1.165) is 15.7 Å². The van der Waals surface area contributed by atoms with E-state index in [1.807, 2.05) is 31.2 Å². The first kappa shape index (κ1) is 15.9. The fourth-order valence-electron chi connectivity index (χ4n) is 1.36. The SMILES string of the molecule is C=C(C)COCCNCC(=O)Nc1cccc(Br)c1. The molecule has 0 aliphatic rings. The number of nitrogens with one attached hydrogen (secondary N) is 2. The molecule has 0 spiro atoms. The van der Waals surface area contributed by atoms with Crippen LogP contribution in [0.4, 0.5) is 5.69 Å². The van der Waals surface area contributed by atoms with Crippen molar-refractivity contribution in [1.29, 1.82) is 0 Å². The highest BCUT2D eigenvalue weighted by molar-refractivity contribution is 9.10. The van der Waals surface area contributed by atoms with Crippen LogP contribution in [0.15, 0.2) is 40.9 Å². The molecule has 0 atom stereocenters. The number of benzene rings is 1. The number of carbonyl (C=O) groups is 1. The van der Waals surface area contributed by atoms with Crippen molar-refractivity contribution >= 4 is 27.5 Å². The smallest absolute Gasteiger partial charge is 0.238 e. The third-order valence-corrected chi connectivity index (χ3v) is 2.66. The molecule has 104 valence electrons. The molecular weight excluding hydrogens is 308 g/mol. The Balaban J connectivity index is 2.13. The van der Waals surface area contributed by atoms with Crippen LogP contribution in [0.3, 0.4) is 0 Å². The van der Waals surface area contributed by atoms with E-state index in [9.17, 15) is 4.79 Å². The van der Waals surface area contributed by atoms with Gasteiger partial charge in [-0.05, 0) is 25.1 Å². The molecule has 0 aliphatic heterocycles. The zero-order chi connectivity index (χ0) is 14.1. The van der Waals surface area contributed by atoms with Crippen molar-refractivity contribution in [2.24, 2.45) is 0 Å². The molecule has 1 aromatic rings. The number of amides is 1. The van der Waals surface area contributed by atoms with Gasteiger partial charge in [0.15, 0.2) is 0 Å². The fourth-order valence-corrected chi connectivity index (χ4v) is 1.76. The summed E-state index contributed by atoms with van der Waals surface area (Å²) in [5.41, 5.74) is 1.77. The van der Waals surface area contributed by atoms with Gasteiger partial charge >= 0.3 is 0 Å². The normalized spacial score (nSPS) is 10.2. The lowest BCUT2D eigenvalue weighted by Gasteiger charge is -2.07. The Hall–Kier alpha value is -1.17. The van der Waals surface area contributed by atoms with Gasteiger partial charge in [0.05, 0.1) is 19.8 Å². The van der Waals surface area contributed by atoms with Crippen molar-refractivity contribution in [1.82, 2.24) is 5.32 Å². The molecule has 0 aliphatic carbocycles. The topological polar surface area (TPSA) is 50.4 Å². The number of anilines is 1. The summed E-state index contributed by atoms with van der Waals surface area (Å²) in [6.45, 7) is 7.69. The van der Waals surface area contributed by atoms with Crippen LogP contribution in [-0.4, -0.2) is 32.2 Å². The number of hydrogen-bond donors (Lipinski definition) is 2. The van der Waals surface area contributed by atoms with Crippen LogP contribution in [0.5, 0.6) is 0 Å². The van der Waals surface area contributed by atoms with Gasteiger partial charge in [-0.3, -0.25) is 4.79 Å². The second-order valence-corrected chi connectivity index (χ2v) is 5.16. The van der Waals surface area contributed by atoms with Gasteiger partial charge in [0.1, 0.15) is 0 Å². The van der Waals surface area contributed by atoms with Gasteiger partial charge in [0, 0.05) is 16.7 Å². The number of ether oxygens (including phenoxy) is 1. The van der Waals surface area contributed by atoms with Crippen LogP contribution < -0.4 is 10.6 Å². The standard InChI is InChI=1S/C14H19BrN2O2/c1-11(2)10-19-7-6-16-9-14(18)17-13-5-3-4-12(15)8-13/h3-5,8,16H,1,6-7,9-10H2,2H3,(H,17,18). The van der Waals surface area contributed by atoms with Gasteiger partial charge in [-0.25, -0.2) is 0 Å². The Labute approximate surface area is 122 Å². The van der Waals surface area contributed by atoms with Crippen LogP contribution in [0.25, 0.3) is 0 Å². The summed E-state index contributed by atoms with van der Waals surface area (Å²) in [5.74, 6) is -0.0713. The van der Waals surface area contributed by atoms with Crippen molar-refractivity contribution in [3.8, 4) is 0 Å². The van der Waals surface area contributed by atoms with Crippen molar-refractivity contribution in [2.45, 2.75) is 6.92 Å². The van der Waals surface area contributed by atoms with E-state index in [2.05, 4.69) is 33.1 Å². The summed E-state index contributed by atoms with van der Waals surface area (Å²) < 4.78 is 6.25. The molecule has 0 unspecified atom stereocenters. The van der Waals surface area contributed by atoms with Gasteiger partial charge in [-0.15, -0.1) is 0 Å². The molecule has 0 bridgehead atoms. The zero-order valence-electron chi connectivity index (χ0n) is 11.0. The number of rotatable bonds is 8. The molecular formula is C14H19BrN2O2. The minimum atomic E-state index is -0.0713. The molecule has 4 nitrogen and oxygen atoms in total. The maximum Gasteiger partial charge on any atom is 0.238 e. The maximum absolute atomic E-state index is 11.6. The Morgan fingerprint density at radius 1 is 1.47 bits per heavy atom. The van der Waals surface area contributed by atoms with E-state index < -0.39 is 0 Å². The second kappa shape index (κ2) is 8.85. The third kappa shape index (κ3) is 7.77. The maximum atomic E-state index is 11.6. The van der Waals surface area contributed by atoms with Gasteiger partial charge in [0.25, 0.3) is 0 Å². The fraction of sp³-hybridized carbons (Fsp3) is 0.357. The van der Waals surface area contributed by atoms with Crippen molar-refractivity contribution in [3.05, 3.63) is 40.9 Å². The van der Waals surface area contributed by atoms with E-state index in [4.69, 9.17) is 4.74 Å². The van der Waals surface area contributed by atoms with Crippen molar-refractivity contribution in [2.75, 3.05) is 31.6 Å². The molecule has 2 N–H and O–H groups in total. The van der Waals surface area contributed by atoms with Crippen molar-refractivity contribution in [3.63, 3.8) is 0 Å². The van der Waals surface area contributed by atoms with Crippen molar-refractivity contribution < 1.29 is 9.53 Å². The minimum absolute atomic E-state index is 0.0713. The van der Waals surface area contributed by atoms with Gasteiger partial charge in [0.2, 0.25) is 5.91 Å². The summed E-state index contributed by atoms with van der Waals surface area (Å²) in [6.07, 6.45) is 0. The quantitative estimate of drug-likeness (QED) is 0.570. The minimum Gasteiger partial charge on any atom is -0.376 e. The largest absolute Gasteiger partial charge is 0.376 e. The van der Waals surface area contributed by atoms with Crippen LogP contribution in [0.2, 0.25) is 0 Å². The first-order valence-corrected chi connectivity index (χ1v) is 6.85. The Morgan fingerprint density at radius 3 is 2.95 bits per heavy atom. The molecule has 1 amide bonds. The molecule has 0 aromatic heterocycles. The molecule has 0 radical (unpaired) electrons. The Bertz CT molecular complexity index is 435. The Kier molecular flexibility index (Phi) is 7.40. The summed E-state index contributed by atoms with van der Waals surface area (Å²) in [5, 5.41) is 5.82. The summed E-state index contributed by atoms with van der Waals surface area (Å²) >= 11 is 3.35. The van der Waals surface area contributed by atoms with Crippen LogP contribution >= 0.6 is 15.9 Å². The molecule has 0 heterocycles. The average Bonchev–Trinajstić information content (AvgIpc) is 2.33. The van der Waals surface area contributed by atoms with Crippen LogP contribution in [0, 0.1) is 0 Å². The summed E-state index contributed by atoms with van der Waals surface area (Å²) in [4.78, 5) is 11.6. The van der Waals surface area contributed by atoms with Gasteiger partial charge < -0.3 is 15.4 Å². The molecule has 19 heavy (non-hydrogen) atoms. The predicted octanol–water partition coefficient (Wildman–Crippen LogP) is 2.57. The number of carbonyl (C=O) groups excluding carboxylic acids is 1. The number of hydrogen-bond acceptors (Lipinski definition) is 3. The molecule has 5 heteroatoms. The van der Waals surface area contributed by atoms with E-state index >= 15 is 0 Å². The van der Waals surface area contributed by atoms with E-state index in [-0.39, 0.29) is 12.5 Å². The monoisotopic (exact) mass is 326 g/mol.